The molecule has 30 heavy (non-hydrogen) atoms. The van der Waals surface area contributed by atoms with Crippen LogP contribution >= 0.6 is 23.5 Å². The zero-order chi connectivity index (χ0) is 20.1. The molecule has 0 N–H and O–H groups in total. The van der Waals surface area contributed by atoms with Gasteiger partial charge in [0.1, 0.15) is 0 Å². The Labute approximate surface area is 225 Å². The Morgan fingerprint density at radius 1 is 0.333 bits per heavy atom. The van der Waals surface area contributed by atoms with Gasteiger partial charge in [0.2, 0.25) is 0 Å². The van der Waals surface area contributed by atoms with Crippen molar-refractivity contribution in [3.63, 3.8) is 0 Å². The van der Waals surface area contributed by atoms with E-state index in [1.165, 1.54) is 0 Å². The van der Waals surface area contributed by atoms with E-state index in [1.807, 2.05) is 148 Å². The van der Waals surface area contributed by atoms with Crippen molar-refractivity contribution in [1.82, 2.24) is 0 Å². The third-order valence-electron chi connectivity index (χ3n) is 2.00. The molecule has 1 radical (unpaired) electrons. The molecule has 171 valence electrons. The molecule has 3 aromatic rings. The molecule has 0 bridgehead atoms. The van der Waals surface area contributed by atoms with E-state index in [2.05, 4.69) is 0 Å². The molecular weight excluding hydrogens is 477 g/mol. The third kappa shape index (κ3) is 63.1. The number of thioether (sulfide) groups is 2. The monoisotopic (exact) mass is 524 g/mol. The molecule has 0 fully saturated rings. The van der Waals surface area contributed by atoms with Crippen LogP contribution < -0.4 is 0 Å². The molecule has 0 aliphatic rings. The molecule has 0 unspecified atom stereocenters. The van der Waals surface area contributed by atoms with Crippen molar-refractivity contribution >= 4 is 23.5 Å². The average molecular weight is 525 g/mol. The van der Waals surface area contributed by atoms with E-state index in [-0.39, 0.29) is 55.0 Å². The van der Waals surface area contributed by atoms with Gasteiger partial charge in [-0.2, -0.15) is 23.5 Å². The summed E-state index contributed by atoms with van der Waals surface area (Å²) in [5.74, 6) is 0. The van der Waals surface area contributed by atoms with Gasteiger partial charge in [-0.1, -0.05) is 138 Å². The zero-order valence-electron chi connectivity index (χ0n) is 18.8. The Balaban J connectivity index is -0.0000000430. The summed E-state index contributed by atoms with van der Waals surface area (Å²) in [4.78, 5) is 0. The number of rotatable bonds is 0. The van der Waals surface area contributed by atoms with Crippen molar-refractivity contribution in [3.05, 3.63) is 117 Å². The van der Waals surface area contributed by atoms with Crippen molar-refractivity contribution in [2.45, 2.75) is 28.7 Å². The van der Waals surface area contributed by atoms with Crippen LogP contribution in [-0.4, -0.2) is 25.0 Å². The Morgan fingerprint density at radius 2 is 0.367 bits per heavy atom. The number of hydrogen-bond donors (Lipinski definition) is 0. The molecule has 0 saturated carbocycles. The van der Waals surface area contributed by atoms with Gasteiger partial charge in [-0.05, 0) is 25.0 Å². The fourth-order valence-corrected chi connectivity index (χ4v) is 1.15. The van der Waals surface area contributed by atoms with Crippen molar-refractivity contribution in [1.29, 1.82) is 0 Å². The SMILES string of the molecule is C.C.CC.CSC.CSC.[CH3-].[Y].c1ccccc1.c1ccccc1.c1ccccc1. The molecule has 0 spiro atoms. The first kappa shape index (κ1) is 47.3. The number of benzene rings is 3. The van der Waals surface area contributed by atoms with E-state index in [9.17, 15) is 0 Å². The third-order valence-corrected chi connectivity index (χ3v) is 2.00. The second-order valence-corrected chi connectivity index (χ2v) is 5.91. The molecule has 0 nitrogen and oxygen atoms in total. The van der Waals surface area contributed by atoms with E-state index in [4.69, 9.17) is 0 Å². The van der Waals surface area contributed by atoms with Gasteiger partial charge >= 0.3 is 0 Å². The first-order valence-electron chi connectivity index (χ1n) is 8.63. The van der Waals surface area contributed by atoms with Crippen molar-refractivity contribution in [2.75, 3.05) is 25.0 Å². The summed E-state index contributed by atoms with van der Waals surface area (Å²) in [6.07, 6.45) is 8.17. The molecule has 0 amide bonds. The van der Waals surface area contributed by atoms with Crippen LogP contribution in [0.3, 0.4) is 0 Å². The summed E-state index contributed by atoms with van der Waals surface area (Å²) in [5, 5.41) is 0. The Bertz CT molecular complexity index is 334. The Hall–Kier alpha value is -0.536. The van der Waals surface area contributed by atoms with E-state index < -0.39 is 0 Å². The van der Waals surface area contributed by atoms with Gasteiger partial charge < -0.3 is 7.43 Å². The van der Waals surface area contributed by atoms with Crippen molar-refractivity contribution in [3.8, 4) is 0 Å². The van der Waals surface area contributed by atoms with Gasteiger partial charge in [0.15, 0.2) is 0 Å². The van der Waals surface area contributed by atoms with E-state index in [1.54, 1.807) is 23.5 Å². The molecule has 0 aliphatic carbocycles. The molecule has 0 aliphatic heterocycles. The van der Waals surface area contributed by atoms with Gasteiger partial charge in [0.25, 0.3) is 0 Å². The summed E-state index contributed by atoms with van der Waals surface area (Å²) in [6.45, 7) is 4.00. The number of hydrogen-bond acceptors (Lipinski definition) is 2. The van der Waals surface area contributed by atoms with Crippen molar-refractivity contribution < 1.29 is 32.7 Å². The maximum atomic E-state index is 2.04. The zero-order valence-corrected chi connectivity index (χ0v) is 23.3. The Kier molecular flexibility index (Phi) is 89.4. The standard InChI is InChI=1S/3C6H6.2C2H6S.C2H6.2CH4.CH3.Y/c3*1-2-4-6-5-3-1;2*1-3-2;1-2;;;;/h3*1-6H;2*1-2H3;1-2H3;2*1H4;1H3;/q;;;;;;;;-1;. The second-order valence-electron chi connectivity index (χ2n) is 4.28. The molecular formula is C27H47S2Y-. The van der Waals surface area contributed by atoms with Gasteiger partial charge in [0, 0.05) is 32.7 Å². The summed E-state index contributed by atoms with van der Waals surface area (Å²) < 4.78 is 0. The molecule has 0 aromatic heterocycles. The predicted octanol–water partition coefficient (Wildman–Crippen LogP) is 9.76. The van der Waals surface area contributed by atoms with E-state index in [0.717, 1.165) is 0 Å². The summed E-state index contributed by atoms with van der Waals surface area (Å²) >= 11 is 3.50. The normalized spacial score (nSPS) is 6.20. The predicted molar refractivity (Wildman–Crippen MR) is 149 cm³/mol. The van der Waals surface area contributed by atoms with Crippen LogP contribution in [0.5, 0.6) is 0 Å². The quantitative estimate of drug-likeness (QED) is 0.268. The molecule has 3 heteroatoms. The second kappa shape index (κ2) is 56.7. The minimum atomic E-state index is 0. The fraction of sp³-hybridized carbons (Fsp3) is 0.296. The van der Waals surface area contributed by atoms with Crippen LogP contribution in [0.25, 0.3) is 0 Å². The fourth-order valence-electron chi connectivity index (χ4n) is 1.15. The minimum absolute atomic E-state index is 0. The Morgan fingerprint density at radius 3 is 0.400 bits per heavy atom. The van der Waals surface area contributed by atoms with E-state index >= 15 is 0 Å². The minimum Gasteiger partial charge on any atom is -0.358 e. The summed E-state index contributed by atoms with van der Waals surface area (Å²) in [6, 6.07) is 36.0. The van der Waals surface area contributed by atoms with Crippen LogP contribution in [0.4, 0.5) is 0 Å². The van der Waals surface area contributed by atoms with Gasteiger partial charge in [-0.25, -0.2) is 0 Å². The van der Waals surface area contributed by atoms with Crippen LogP contribution in [0.15, 0.2) is 109 Å². The summed E-state index contributed by atoms with van der Waals surface area (Å²) in [5.41, 5.74) is 0. The summed E-state index contributed by atoms with van der Waals surface area (Å²) in [7, 11) is 0. The average Bonchev–Trinajstić information content (AvgIpc) is 2.75. The van der Waals surface area contributed by atoms with Crippen molar-refractivity contribution in [2.24, 2.45) is 0 Å². The van der Waals surface area contributed by atoms with E-state index in [0.29, 0.717) is 0 Å². The molecule has 3 rings (SSSR count). The maximum Gasteiger partial charge on any atom is 0 e. The van der Waals surface area contributed by atoms with Crippen LogP contribution in [-0.2, 0) is 32.7 Å². The largest absolute Gasteiger partial charge is 0.358 e. The maximum absolute atomic E-state index is 2.04. The molecule has 0 atom stereocenters. The molecule has 3 aromatic carbocycles. The van der Waals surface area contributed by atoms with Gasteiger partial charge in [-0.3, -0.25) is 0 Å². The molecule has 0 heterocycles. The van der Waals surface area contributed by atoms with Crippen LogP contribution in [0, 0.1) is 7.43 Å². The first-order valence-corrected chi connectivity index (χ1v) is 11.9. The smallest absolute Gasteiger partial charge is 0 e. The first-order chi connectivity index (χ1) is 12.8. The van der Waals surface area contributed by atoms with Gasteiger partial charge in [-0.15, -0.1) is 0 Å². The van der Waals surface area contributed by atoms with Gasteiger partial charge in [0.05, 0.1) is 0 Å². The topological polar surface area (TPSA) is 0 Å². The molecule has 0 saturated heterocycles. The van der Waals surface area contributed by atoms with Crippen LogP contribution in [0.1, 0.15) is 28.7 Å². The van der Waals surface area contributed by atoms with Crippen LogP contribution in [0.2, 0.25) is 0 Å².